The van der Waals surface area contributed by atoms with Crippen molar-refractivity contribution >= 4 is 142 Å². The molecule has 6 heterocycles. The number of halogens is 8. The highest BCUT2D eigenvalue weighted by atomic mass is 127. The lowest BCUT2D eigenvalue weighted by Gasteiger charge is -2.25. The van der Waals surface area contributed by atoms with E-state index in [9.17, 15) is 27.9 Å². The topological polar surface area (TPSA) is 262 Å². The largest absolute Gasteiger partial charge is 0.492 e. The molecule has 5 N–H and O–H groups in total. The number of aromatic amines is 3. The first-order chi connectivity index (χ1) is 42.5. The average molecular weight is 1730 g/mol. The molecule has 0 aliphatic carbocycles. The summed E-state index contributed by atoms with van der Waals surface area (Å²) in [6.07, 6.45) is 7.56. The van der Waals surface area contributed by atoms with Gasteiger partial charge < -0.3 is 68.3 Å². The van der Waals surface area contributed by atoms with E-state index in [1.54, 1.807) is 87.1 Å². The van der Waals surface area contributed by atoms with Gasteiger partial charge in [0.05, 0.1) is 48.5 Å². The minimum absolute atomic E-state index is 0. The summed E-state index contributed by atoms with van der Waals surface area (Å²) in [4.78, 5) is 61.7. The van der Waals surface area contributed by atoms with Crippen molar-refractivity contribution in [3.8, 4) is 29.0 Å². The number of aliphatic hydroxyl groups excluding tert-OH is 1. The average Bonchev–Trinajstić information content (AvgIpc) is 1.54. The Kier molecular flexibility index (Phi) is 34.8. The van der Waals surface area contributed by atoms with E-state index in [4.69, 9.17) is 33.2 Å². The number of likely N-dealkylation sites (N-methyl/N-ethyl adjacent to an activating group) is 3. The molecule has 0 fully saturated rings. The van der Waals surface area contributed by atoms with Gasteiger partial charge in [-0.1, -0.05) is 22.3 Å². The van der Waals surface area contributed by atoms with Gasteiger partial charge in [-0.3, -0.25) is 0 Å². The van der Waals surface area contributed by atoms with E-state index in [-0.39, 0.29) is 53.7 Å². The number of hydrogen-bond donors (Lipinski definition) is 5. The predicted octanol–water partition coefficient (Wildman–Crippen LogP) is 16.3. The maximum Gasteiger partial charge on any atom is 0.410 e. The standard InChI is InChI=1S/C22H26FIN4O4.C17H18FIN4O2.C16H24FNO4.C6H3BrIN3.3CH4.ClH/c1-13(31-18-12-26-20-19(27-18)16(24)11-25-20)15-10-14(23)6-7-17(15)30-9-8-28(5)21(29)32-22(2,3)4;1-10(12-7-11(18)3-4-14(12)24-6-5-20-2)25-15-9-22-17-16(23-15)13(19)8-21-17;1-11(19)13-10-12(17)6-7-14(13)21-9-8-18(5)15(20)22-16(2,3)4;7-4-2-10-6-5(11-4)3(8)1-9-6;;;;/h6-7,10-13H,8-9H2,1-5H3,(H,25,26);3-4,7-10,20H,5-6H2,1-2H3,(H,21,22);6-7,10-11,19H,8-9H2,1-5H3;1-2H,(H,9,10);3*1H4;1H/t;;11-;;;;;/m..1...../s1. The molecule has 9 rings (SSSR count). The first kappa shape index (κ1) is 83.8. The minimum Gasteiger partial charge on any atom is -0.492 e. The van der Waals surface area contributed by atoms with Gasteiger partial charge in [0.25, 0.3) is 0 Å². The van der Waals surface area contributed by atoms with Crippen molar-refractivity contribution in [3.05, 3.63) is 141 Å². The van der Waals surface area contributed by atoms with Crippen LogP contribution in [0.3, 0.4) is 0 Å². The molecule has 0 radical (unpaired) electrons. The van der Waals surface area contributed by atoms with Gasteiger partial charge in [0.15, 0.2) is 16.9 Å². The van der Waals surface area contributed by atoms with Gasteiger partial charge >= 0.3 is 12.2 Å². The number of benzene rings is 3. The van der Waals surface area contributed by atoms with E-state index in [0.717, 1.165) is 32.0 Å². The fourth-order valence-electron chi connectivity index (χ4n) is 7.76. The van der Waals surface area contributed by atoms with Gasteiger partial charge in [-0.05, 0) is 208 Å². The zero-order chi connectivity index (χ0) is 66.0. The maximum atomic E-state index is 14.0. The summed E-state index contributed by atoms with van der Waals surface area (Å²) in [6, 6.07) is 12.6. The fourth-order valence-corrected chi connectivity index (χ4v) is 9.63. The van der Waals surface area contributed by atoms with Crippen LogP contribution in [-0.2, 0) is 9.47 Å². The number of fused-ring (bicyclic) bond motifs is 3. The first-order valence-corrected chi connectivity index (χ1v) is 32.0. The smallest absolute Gasteiger partial charge is 0.410 e. The van der Waals surface area contributed by atoms with Crippen molar-refractivity contribution in [3.63, 3.8) is 0 Å². The van der Waals surface area contributed by atoms with E-state index >= 15 is 0 Å². The van der Waals surface area contributed by atoms with Gasteiger partial charge in [0.1, 0.15) is 99.1 Å². The number of carbonyl (C=O) groups is 2. The molecule has 2 amide bonds. The van der Waals surface area contributed by atoms with Crippen LogP contribution in [0.5, 0.6) is 29.0 Å². The molecule has 0 spiro atoms. The van der Waals surface area contributed by atoms with Crippen LogP contribution < -0.4 is 29.0 Å². The molecule has 0 aliphatic rings. The number of aromatic nitrogens is 9. The van der Waals surface area contributed by atoms with Gasteiger partial charge in [-0.2, -0.15) is 0 Å². The quantitative estimate of drug-likeness (QED) is 0.0372. The van der Waals surface area contributed by atoms with Crippen LogP contribution in [0.25, 0.3) is 33.5 Å². The maximum absolute atomic E-state index is 14.0. The lowest BCUT2D eigenvalue weighted by atomic mass is 10.1. The van der Waals surface area contributed by atoms with Gasteiger partial charge in [0.2, 0.25) is 11.8 Å². The van der Waals surface area contributed by atoms with Crippen LogP contribution in [0.15, 0.2) is 96.4 Å². The van der Waals surface area contributed by atoms with Crippen LogP contribution in [0, 0.1) is 28.2 Å². The lowest BCUT2D eigenvalue weighted by Crippen LogP contribution is -2.36. The third-order valence-corrected chi connectivity index (χ3v) is 15.0. The molecular formula is C64H84BrClF3I3N12O10. The van der Waals surface area contributed by atoms with Crippen molar-refractivity contribution in [2.45, 2.75) is 114 Å². The molecule has 30 heteroatoms. The highest BCUT2D eigenvalue weighted by Crippen LogP contribution is 2.33. The molecule has 0 aliphatic heterocycles. The summed E-state index contributed by atoms with van der Waals surface area (Å²) in [5.41, 5.74) is 4.96. The molecule has 3 aromatic carbocycles. The Balaban J connectivity index is 0.000000440. The third-order valence-electron chi connectivity index (χ3n) is 12.2. The molecule has 2 unspecified atom stereocenters. The van der Waals surface area contributed by atoms with E-state index in [0.29, 0.717) is 88.8 Å². The molecule has 3 atom stereocenters. The Bertz CT molecular complexity index is 3840. The zero-order valence-corrected chi connectivity index (χ0v) is 60.8. The van der Waals surface area contributed by atoms with E-state index in [1.807, 2.05) is 32.6 Å². The number of amides is 2. The summed E-state index contributed by atoms with van der Waals surface area (Å²) in [5, 5.41) is 12.6. The summed E-state index contributed by atoms with van der Waals surface area (Å²) in [7, 11) is 5.08. The molecule has 94 heavy (non-hydrogen) atoms. The number of rotatable bonds is 19. The highest BCUT2D eigenvalue weighted by molar-refractivity contribution is 14.1. The summed E-state index contributed by atoms with van der Waals surface area (Å²) >= 11 is 9.82. The van der Waals surface area contributed by atoms with E-state index in [2.05, 4.69) is 134 Å². The third kappa shape index (κ3) is 26.0. The van der Waals surface area contributed by atoms with Crippen LogP contribution in [0.2, 0.25) is 0 Å². The SMILES string of the molecule is Brc1cnc2[nH]cc(I)c2n1.C.C.C.CC(Oc1cnc2[nH]cc(I)c2n1)c1cc(F)ccc1OCCN(C)C(=O)OC(C)(C)C.CNCCOc1ccc(F)cc1C(C)Oc1cnc2[nH]cc(I)c2n1.C[C@@H](O)c1cc(F)ccc1OCCN(C)C(=O)OC(C)(C)C.Cl. The normalized spacial score (nSPS) is 11.7. The molecular weight excluding hydrogens is 1650 g/mol. The monoisotopic (exact) mass is 1730 g/mol. The molecule has 9 aromatic rings. The number of nitrogens with one attached hydrogen (secondary N) is 4. The zero-order valence-electron chi connectivity index (χ0n) is 51.9. The van der Waals surface area contributed by atoms with Crippen molar-refractivity contribution in [1.82, 2.24) is 60.0 Å². The number of carbonyl (C=O) groups excluding carboxylic acids is 2. The Morgan fingerprint density at radius 3 is 1.29 bits per heavy atom. The summed E-state index contributed by atoms with van der Waals surface area (Å²) < 4.78 is 84.0. The van der Waals surface area contributed by atoms with Crippen LogP contribution in [0.1, 0.15) is 120 Å². The predicted molar refractivity (Wildman–Crippen MR) is 391 cm³/mol. The molecule has 6 aromatic heterocycles. The molecule has 0 saturated carbocycles. The van der Waals surface area contributed by atoms with Crippen molar-refractivity contribution < 1.29 is 61.0 Å². The Labute approximate surface area is 602 Å². The second-order valence-electron chi connectivity index (χ2n) is 21.8. The fraction of sp³-hybridized carbons (Fsp3) is 0.406. The van der Waals surface area contributed by atoms with Crippen LogP contribution >= 0.6 is 96.1 Å². The van der Waals surface area contributed by atoms with Crippen LogP contribution in [0.4, 0.5) is 22.8 Å². The number of H-pyrrole nitrogens is 3. The minimum atomic E-state index is -0.839. The van der Waals surface area contributed by atoms with Gasteiger partial charge in [-0.15, -0.1) is 12.4 Å². The Hall–Kier alpha value is -6.27. The first-order valence-electron chi connectivity index (χ1n) is 27.9. The lowest BCUT2D eigenvalue weighted by molar-refractivity contribution is 0.0268. The summed E-state index contributed by atoms with van der Waals surface area (Å²) in [5.74, 6) is 0.966. The van der Waals surface area contributed by atoms with Crippen molar-refractivity contribution in [1.29, 1.82) is 0 Å². The van der Waals surface area contributed by atoms with E-state index in [1.165, 1.54) is 65.4 Å². The van der Waals surface area contributed by atoms with Crippen LogP contribution in [-0.4, -0.2) is 144 Å². The molecule has 0 bridgehead atoms. The molecule has 516 valence electrons. The Morgan fingerprint density at radius 1 is 0.585 bits per heavy atom. The number of hydrogen-bond acceptors (Lipinski definition) is 17. The van der Waals surface area contributed by atoms with Crippen molar-refractivity contribution in [2.75, 3.05) is 60.6 Å². The van der Waals surface area contributed by atoms with E-state index < -0.39 is 53.3 Å². The molecule has 22 nitrogen and oxygen atoms in total. The van der Waals surface area contributed by atoms with Gasteiger partial charge in [-0.25, -0.2) is 52.7 Å². The molecule has 0 saturated heterocycles. The summed E-state index contributed by atoms with van der Waals surface area (Å²) in [6.45, 7) is 18.1. The highest BCUT2D eigenvalue weighted by Gasteiger charge is 2.23. The Morgan fingerprint density at radius 2 is 0.926 bits per heavy atom. The van der Waals surface area contributed by atoms with Crippen molar-refractivity contribution in [2.24, 2.45) is 0 Å². The number of nitrogens with zero attached hydrogens (tertiary/aromatic N) is 8. The van der Waals surface area contributed by atoms with Gasteiger partial charge in [0, 0.05) is 55.9 Å². The second kappa shape index (κ2) is 39.1. The number of ether oxygens (including phenoxy) is 7. The second-order valence-corrected chi connectivity index (χ2v) is 26.1. The number of aliphatic hydroxyl groups is 1.